The van der Waals surface area contributed by atoms with E-state index in [1.807, 2.05) is 22.7 Å². The van der Waals surface area contributed by atoms with E-state index < -0.39 is 0 Å². The third-order valence-corrected chi connectivity index (χ3v) is 4.19. The van der Waals surface area contributed by atoms with Crippen LogP contribution < -0.4 is 0 Å². The normalized spacial score (nSPS) is 11.3. The van der Waals surface area contributed by atoms with Crippen LogP contribution >= 0.6 is 22.7 Å². The minimum Gasteiger partial charge on any atom is -0.142 e. The topological polar surface area (TPSA) is 0 Å². The highest BCUT2D eigenvalue weighted by atomic mass is 32.1. The van der Waals surface area contributed by atoms with Gasteiger partial charge in [0, 0.05) is 14.8 Å². The van der Waals surface area contributed by atoms with Crippen molar-refractivity contribution in [1.82, 2.24) is 0 Å². The number of benzene rings is 1. The predicted octanol–water partition coefficient (Wildman–Crippen LogP) is 4.12. The Labute approximate surface area is 78.1 Å². The van der Waals surface area contributed by atoms with Gasteiger partial charge < -0.3 is 0 Å². The largest absolute Gasteiger partial charge is 0.142 e. The van der Waals surface area contributed by atoms with Gasteiger partial charge >= 0.3 is 0 Å². The van der Waals surface area contributed by atoms with E-state index in [2.05, 4.69) is 35.7 Å². The molecular weight excluding hydrogens is 184 g/mol. The third kappa shape index (κ3) is 0.765. The van der Waals surface area contributed by atoms with Crippen LogP contribution in [0.3, 0.4) is 0 Å². The first-order valence-corrected chi connectivity index (χ1v) is 5.49. The van der Waals surface area contributed by atoms with E-state index in [-0.39, 0.29) is 0 Å². The molecule has 0 aliphatic carbocycles. The van der Waals surface area contributed by atoms with Crippen molar-refractivity contribution in [3.05, 3.63) is 35.7 Å². The van der Waals surface area contributed by atoms with Crippen molar-refractivity contribution >= 4 is 42.2 Å². The van der Waals surface area contributed by atoms with Crippen LogP contribution in [0.1, 0.15) is 0 Å². The average molecular weight is 190 g/mol. The summed E-state index contributed by atoms with van der Waals surface area (Å²) in [6.07, 6.45) is 0. The van der Waals surface area contributed by atoms with Crippen LogP contribution in [0, 0.1) is 0 Å². The Balaban J connectivity index is 2.68. The Morgan fingerprint density at radius 3 is 2.83 bits per heavy atom. The maximum atomic E-state index is 2.20. The van der Waals surface area contributed by atoms with Crippen LogP contribution in [0.4, 0.5) is 0 Å². The van der Waals surface area contributed by atoms with Gasteiger partial charge in [-0.15, -0.1) is 22.7 Å². The van der Waals surface area contributed by atoms with Crippen molar-refractivity contribution in [3.63, 3.8) is 0 Å². The van der Waals surface area contributed by atoms with Crippen molar-refractivity contribution in [2.45, 2.75) is 0 Å². The molecule has 0 spiro atoms. The van der Waals surface area contributed by atoms with E-state index in [1.54, 1.807) is 0 Å². The molecule has 0 unspecified atom stereocenters. The fourth-order valence-corrected chi connectivity index (χ4v) is 3.69. The molecule has 0 bridgehead atoms. The molecule has 2 aromatic heterocycles. The summed E-state index contributed by atoms with van der Waals surface area (Å²) in [5, 5.41) is 3.57. The van der Waals surface area contributed by atoms with Gasteiger partial charge in [0.15, 0.2) is 0 Å². The molecule has 0 amide bonds. The van der Waals surface area contributed by atoms with Crippen LogP contribution in [0.2, 0.25) is 0 Å². The molecule has 0 N–H and O–H groups in total. The number of fused-ring (bicyclic) bond motifs is 3. The molecule has 0 saturated heterocycles. The van der Waals surface area contributed by atoms with Crippen molar-refractivity contribution in [2.24, 2.45) is 0 Å². The summed E-state index contributed by atoms with van der Waals surface area (Å²) in [5.74, 6) is 0. The van der Waals surface area contributed by atoms with Gasteiger partial charge in [-0.3, -0.25) is 0 Å². The van der Waals surface area contributed by atoms with Crippen molar-refractivity contribution in [2.75, 3.05) is 0 Å². The Morgan fingerprint density at radius 2 is 1.83 bits per heavy atom. The second kappa shape index (κ2) is 2.31. The van der Waals surface area contributed by atoms with E-state index in [0.29, 0.717) is 0 Å². The first kappa shape index (κ1) is 6.63. The van der Waals surface area contributed by atoms with Crippen LogP contribution in [-0.4, -0.2) is 0 Å². The van der Waals surface area contributed by atoms with Gasteiger partial charge in [-0.1, -0.05) is 18.2 Å². The Bertz CT molecular complexity index is 530. The van der Waals surface area contributed by atoms with Gasteiger partial charge in [0.1, 0.15) is 0 Å². The third-order valence-electron chi connectivity index (χ3n) is 1.98. The van der Waals surface area contributed by atoms with Gasteiger partial charge in [0.05, 0.1) is 4.70 Å². The van der Waals surface area contributed by atoms with E-state index in [4.69, 9.17) is 0 Å². The standard InChI is InChI=1S/C10H6S2/c1-2-4-8-7(3-1)10-9(12-8)5-6-11-10/h1-6H. The first-order chi connectivity index (χ1) is 5.95. The van der Waals surface area contributed by atoms with Gasteiger partial charge in [-0.05, 0) is 17.5 Å². The second-order valence-corrected chi connectivity index (χ2v) is 4.71. The molecule has 0 nitrogen and oxygen atoms in total. The summed E-state index contributed by atoms with van der Waals surface area (Å²) in [6, 6.07) is 10.8. The first-order valence-electron chi connectivity index (χ1n) is 3.80. The minimum atomic E-state index is 1.40. The molecule has 0 radical (unpaired) electrons. The lowest BCUT2D eigenvalue weighted by atomic mass is 10.2. The van der Waals surface area contributed by atoms with Crippen LogP contribution in [0.25, 0.3) is 19.5 Å². The zero-order valence-electron chi connectivity index (χ0n) is 6.28. The molecule has 12 heavy (non-hydrogen) atoms. The van der Waals surface area contributed by atoms with Gasteiger partial charge in [0.25, 0.3) is 0 Å². The highest BCUT2D eigenvalue weighted by molar-refractivity contribution is 7.32. The lowest BCUT2D eigenvalue weighted by Crippen LogP contribution is -1.57. The Morgan fingerprint density at radius 1 is 0.917 bits per heavy atom. The van der Waals surface area contributed by atoms with Gasteiger partial charge in [0.2, 0.25) is 0 Å². The zero-order chi connectivity index (χ0) is 7.97. The molecule has 0 aliphatic heterocycles. The molecule has 0 fully saturated rings. The molecule has 0 atom stereocenters. The number of thiophene rings is 2. The fourth-order valence-electron chi connectivity index (χ4n) is 1.44. The van der Waals surface area contributed by atoms with Gasteiger partial charge in [-0.25, -0.2) is 0 Å². The predicted molar refractivity (Wildman–Crippen MR) is 57.2 cm³/mol. The maximum absolute atomic E-state index is 2.20. The lowest BCUT2D eigenvalue weighted by Gasteiger charge is -1.84. The van der Waals surface area contributed by atoms with Crippen molar-refractivity contribution in [1.29, 1.82) is 0 Å². The molecule has 2 heteroatoms. The van der Waals surface area contributed by atoms with E-state index in [0.717, 1.165) is 0 Å². The molecule has 0 saturated carbocycles. The average Bonchev–Trinajstić information content (AvgIpc) is 2.62. The molecule has 3 rings (SSSR count). The quantitative estimate of drug-likeness (QED) is 0.500. The Kier molecular flexibility index (Phi) is 1.28. The van der Waals surface area contributed by atoms with Crippen molar-refractivity contribution < 1.29 is 0 Å². The smallest absolute Gasteiger partial charge is 0.0529 e. The molecule has 1 aromatic carbocycles. The fraction of sp³-hybridized carbons (Fsp3) is 0. The Hall–Kier alpha value is -0.860. The highest BCUT2D eigenvalue weighted by Gasteiger charge is 2.03. The summed E-state index contributed by atoms with van der Waals surface area (Å²) in [6.45, 7) is 0. The van der Waals surface area contributed by atoms with Crippen LogP contribution in [0.15, 0.2) is 35.7 Å². The molecular formula is C10H6S2. The summed E-state index contributed by atoms with van der Waals surface area (Å²) < 4.78 is 4.26. The van der Waals surface area contributed by atoms with E-state index in [1.165, 1.54) is 19.5 Å². The molecule has 3 aromatic rings. The van der Waals surface area contributed by atoms with Crippen LogP contribution in [0.5, 0.6) is 0 Å². The molecule has 2 heterocycles. The number of rotatable bonds is 0. The lowest BCUT2D eigenvalue weighted by molar-refractivity contribution is 1.87. The summed E-state index contributed by atoms with van der Waals surface area (Å²) in [7, 11) is 0. The summed E-state index contributed by atoms with van der Waals surface area (Å²) >= 11 is 3.71. The van der Waals surface area contributed by atoms with Gasteiger partial charge in [-0.2, -0.15) is 0 Å². The van der Waals surface area contributed by atoms with Crippen molar-refractivity contribution in [3.8, 4) is 0 Å². The molecule has 0 aliphatic rings. The molecule has 58 valence electrons. The summed E-state index contributed by atoms with van der Waals surface area (Å²) in [4.78, 5) is 0. The van der Waals surface area contributed by atoms with E-state index in [9.17, 15) is 0 Å². The zero-order valence-corrected chi connectivity index (χ0v) is 7.91. The minimum absolute atomic E-state index is 1.40. The highest BCUT2D eigenvalue weighted by Crippen LogP contribution is 2.36. The number of hydrogen-bond acceptors (Lipinski definition) is 2. The van der Waals surface area contributed by atoms with E-state index >= 15 is 0 Å². The number of hydrogen-bond donors (Lipinski definition) is 0. The SMILES string of the molecule is c1ccc2c(c1)sc1ccsc12. The summed E-state index contributed by atoms with van der Waals surface area (Å²) in [5.41, 5.74) is 0. The maximum Gasteiger partial charge on any atom is 0.0529 e. The monoisotopic (exact) mass is 190 g/mol. The second-order valence-electron chi connectivity index (χ2n) is 2.71. The van der Waals surface area contributed by atoms with Crippen LogP contribution in [-0.2, 0) is 0 Å².